The predicted octanol–water partition coefficient (Wildman–Crippen LogP) is 4.51. The van der Waals surface area contributed by atoms with Gasteiger partial charge in [0.05, 0.1) is 23.0 Å². The van der Waals surface area contributed by atoms with E-state index in [4.69, 9.17) is 11.6 Å². The van der Waals surface area contributed by atoms with Crippen LogP contribution in [0, 0.1) is 11.3 Å². The standard InChI is InChI=1S/C23H20ClF3N6O/c24-16-2-3-20(15(9-16)10-28)33-7-5-19-17(12-33)22(31-13-30-19)32-18(6-8-34)14-1-4-21(29-11-14)23(25,26)27/h1-4,9,11,13,18,34H,5-8,12H2,(H,30,31,32)/t18-/m1/s1. The summed E-state index contributed by atoms with van der Waals surface area (Å²) in [6.45, 7) is 0.878. The van der Waals surface area contributed by atoms with Gasteiger partial charge in [-0.1, -0.05) is 17.7 Å². The molecule has 176 valence electrons. The number of fused-ring (bicyclic) bond motifs is 1. The number of benzene rings is 1. The van der Waals surface area contributed by atoms with E-state index in [0.717, 1.165) is 29.2 Å². The van der Waals surface area contributed by atoms with E-state index in [9.17, 15) is 23.5 Å². The minimum absolute atomic E-state index is 0.186. The molecule has 0 fully saturated rings. The maximum atomic E-state index is 12.9. The van der Waals surface area contributed by atoms with Gasteiger partial charge in [-0.3, -0.25) is 4.98 Å². The number of aliphatic hydroxyl groups excluding tert-OH is 1. The van der Waals surface area contributed by atoms with E-state index in [1.165, 1.54) is 12.4 Å². The average molecular weight is 489 g/mol. The van der Waals surface area contributed by atoms with Gasteiger partial charge in [0.15, 0.2) is 0 Å². The maximum Gasteiger partial charge on any atom is 0.433 e. The molecular formula is C23H20ClF3N6O. The van der Waals surface area contributed by atoms with Gasteiger partial charge in [-0.15, -0.1) is 0 Å². The van der Waals surface area contributed by atoms with Crippen LogP contribution in [0.5, 0.6) is 0 Å². The van der Waals surface area contributed by atoms with E-state index in [2.05, 4.69) is 26.3 Å². The van der Waals surface area contributed by atoms with Gasteiger partial charge in [0.1, 0.15) is 23.9 Å². The Morgan fingerprint density at radius 1 is 1.21 bits per heavy atom. The third-order valence-corrected chi connectivity index (χ3v) is 5.86. The van der Waals surface area contributed by atoms with Crippen LogP contribution in [0.2, 0.25) is 5.02 Å². The molecule has 34 heavy (non-hydrogen) atoms. The Hall–Kier alpha value is -3.42. The number of anilines is 2. The van der Waals surface area contributed by atoms with E-state index >= 15 is 0 Å². The van der Waals surface area contributed by atoms with Crippen molar-refractivity contribution in [3.63, 3.8) is 0 Å². The molecular weight excluding hydrogens is 469 g/mol. The smallest absolute Gasteiger partial charge is 0.396 e. The second-order valence-corrected chi connectivity index (χ2v) is 8.21. The molecule has 11 heteroatoms. The van der Waals surface area contributed by atoms with Gasteiger partial charge in [-0.05, 0) is 36.2 Å². The first-order valence-electron chi connectivity index (χ1n) is 10.5. The number of nitriles is 1. The summed E-state index contributed by atoms with van der Waals surface area (Å²) in [6.07, 6.45) is -1.08. The number of aliphatic hydroxyl groups is 1. The molecule has 0 saturated carbocycles. The highest BCUT2D eigenvalue weighted by Crippen LogP contribution is 2.33. The number of halogens is 4. The van der Waals surface area contributed by atoms with Crippen molar-refractivity contribution in [2.45, 2.75) is 31.6 Å². The SMILES string of the molecule is N#Cc1cc(Cl)ccc1N1CCc2ncnc(N[C@H](CCO)c3ccc(C(F)(F)F)nc3)c2C1. The molecule has 4 rings (SSSR count). The van der Waals surface area contributed by atoms with Crippen LogP contribution in [0.15, 0.2) is 42.9 Å². The van der Waals surface area contributed by atoms with Gasteiger partial charge in [0.25, 0.3) is 0 Å². The third-order valence-electron chi connectivity index (χ3n) is 5.63. The van der Waals surface area contributed by atoms with Gasteiger partial charge in [0, 0.05) is 42.9 Å². The zero-order valence-electron chi connectivity index (χ0n) is 17.8. The topological polar surface area (TPSA) is 98.0 Å². The Balaban J connectivity index is 1.62. The number of rotatable bonds is 6. The largest absolute Gasteiger partial charge is 0.433 e. The number of hydrogen-bond acceptors (Lipinski definition) is 7. The Kier molecular flexibility index (Phi) is 6.86. The number of pyridine rings is 1. The summed E-state index contributed by atoms with van der Waals surface area (Å²) >= 11 is 6.03. The first-order valence-corrected chi connectivity index (χ1v) is 10.9. The van der Waals surface area contributed by atoms with Crippen molar-refractivity contribution in [3.8, 4) is 6.07 Å². The molecule has 0 radical (unpaired) electrons. The van der Waals surface area contributed by atoms with E-state index in [1.807, 2.05) is 4.90 Å². The summed E-state index contributed by atoms with van der Waals surface area (Å²) in [5, 5.41) is 22.8. The average Bonchev–Trinajstić information content (AvgIpc) is 2.83. The first-order chi connectivity index (χ1) is 16.3. The lowest BCUT2D eigenvalue weighted by Crippen LogP contribution is -2.32. The first kappa shape index (κ1) is 23.7. The molecule has 0 spiro atoms. The van der Waals surface area contributed by atoms with E-state index < -0.39 is 17.9 Å². The minimum Gasteiger partial charge on any atom is -0.396 e. The highest BCUT2D eigenvalue weighted by molar-refractivity contribution is 6.30. The zero-order valence-corrected chi connectivity index (χ0v) is 18.6. The Labute approximate surface area is 198 Å². The zero-order chi connectivity index (χ0) is 24.3. The molecule has 0 amide bonds. The molecule has 7 nitrogen and oxygen atoms in total. The number of alkyl halides is 3. The maximum absolute atomic E-state index is 12.9. The van der Waals surface area contributed by atoms with Crippen molar-refractivity contribution < 1.29 is 18.3 Å². The summed E-state index contributed by atoms with van der Waals surface area (Å²) < 4.78 is 38.7. The minimum atomic E-state index is -4.53. The molecule has 1 aliphatic rings. The number of hydrogen-bond donors (Lipinski definition) is 2. The molecule has 0 bridgehead atoms. The van der Waals surface area contributed by atoms with Crippen LogP contribution in [0.3, 0.4) is 0 Å². The lowest BCUT2D eigenvalue weighted by molar-refractivity contribution is -0.141. The molecule has 0 aliphatic carbocycles. The molecule has 0 unspecified atom stereocenters. The molecule has 1 aromatic carbocycles. The quantitative estimate of drug-likeness (QED) is 0.526. The number of aromatic nitrogens is 3. The van der Waals surface area contributed by atoms with Crippen LogP contribution < -0.4 is 10.2 Å². The monoisotopic (exact) mass is 488 g/mol. The van der Waals surface area contributed by atoms with Crippen molar-refractivity contribution in [1.82, 2.24) is 15.0 Å². The second-order valence-electron chi connectivity index (χ2n) is 7.78. The molecule has 1 atom stereocenters. The highest BCUT2D eigenvalue weighted by Gasteiger charge is 2.32. The van der Waals surface area contributed by atoms with Crippen molar-refractivity contribution in [1.29, 1.82) is 5.26 Å². The summed E-state index contributed by atoms with van der Waals surface area (Å²) in [6, 6.07) is 9.05. The second kappa shape index (κ2) is 9.83. The van der Waals surface area contributed by atoms with Crippen molar-refractivity contribution in [2.75, 3.05) is 23.4 Å². The molecule has 3 heterocycles. The summed E-state index contributed by atoms with van der Waals surface area (Å²) in [4.78, 5) is 14.3. The Morgan fingerprint density at radius 2 is 2.03 bits per heavy atom. The molecule has 0 saturated heterocycles. The van der Waals surface area contributed by atoms with E-state index in [-0.39, 0.29) is 13.0 Å². The van der Waals surface area contributed by atoms with Crippen LogP contribution in [0.1, 0.15) is 40.5 Å². The Morgan fingerprint density at radius 3 is 2.71 bits per heavy atom. The normalized spacial score (nSPS) is 14.3. The fourth-order valence-corrected chi connectivity index (χ4v) is 4.11. The number of nitrogens with zero attached hydrogens (tertiary/aromatic N) is 5. The fourth-order valence-electron chi connectivity index (χ4n) is 3.94. The third kappa shape index (κ3) is 5.05. The lowest BCUT2D eigenvalue weighted by atomic mass is 10.0. The number of nitrogens with one attached hydrogen (secondary N) is 1. The van der Waals surface area contributed by atoms with Gasteiger partial charge in [-0.25, -0.2) is 9.97 Å². The van der Waals surface area contributed by atoms with Gasteiger partial charge < -0.3 is 15.3 Å². The van der Waals surface area contributed by atoms with Gasteiger partial charge in [0.2, 0.25) is 0 Å². The molecule has 1 aliphatic heterocycles. The van der Waals surface area contributed by atoms with Gasteiger partial charge in [-0.2, -0.15) is 18.4 Å². The van der Waals surface area contributed by atoms with E-state index in [1.54, 1.807) is 18.2 Å². The van der Waals surface area contributed by atoms with Gasteiger partial charge >= 0.3 is 6.18 Å². The van der Waals surface area contributed by atoms with E-state index in [0.29, 0.717) is 41.5 Å². The van der Waals surface area contributed by atoms with Crippen molar-refractivity contribution in [2.24, 2.45) is 0 Å². The summed E-state index contributed by atoms with van der Waals surface area (Å²) in [7, 11) is 0. The van der Waals surface area contributed by atoms with Crippen LogP contribution in [0.4, 0.5) is 24.7 Å². The van der Waals surface area contributed by atoms with Crippen molar-refractivity contribution >= 4 is 23.1 Å². The molecule has 3 aromatic rings. The van der Waals surface area contributed by atoms with Crippen LogP contribution >= 0.6 is 11.6 Å². The van der Waals surface area contributed by atoms with Crippen LogP contribution in [0.25, 0.3) is 0 Å². The summed E-state index contributed by atoms with van der Waals surface area (Å²) in [5.41, 5.74) is 2.37. The van der Waals surface area contributed by atoms with Crippen molar-refractivity contribution in [3.05, 3.63) is 76.0 Å². The lowest BCUT2D eigenvalue weighted by Gasteiger charge is -2.32. The highest BCUT2D eigenvalue weighted by atomic mass is 35.5. The predicted molar refractivity (Wildman–Crippen MR) is 120 cm³/mol. The summed E-state index contributed by atoms with van der Waals surface area (Å²) in [5.74, 6) is 0.514. The fraction of sp³-hybridized carbons (Fsp3) is 0.304. The van der Waals surface area contributed by atoms with Crippen LogP contribution in [-0.2, 0) is 19.1 Å². The molecule has 2 aromatic heterocycles. The molecule has 2 N–H and O–H groups in total. The van der Waals surface area contributed by atoms with Crippen LogP contribution in [-0.4, -0.2) is 33.2 Å². The Bertz CT molecular complexity index is 1210.